The molecule has 2 aromatic heterocycles. The molecule has 0 fully saturated rings. The minimum atomic E-state index is -0.506. The molecule has 0 aliphatic heterocycles. The number of rotatable bonds is 3. The van der Waals surface area contributed by atoms with Gasteiger partial charge in [-0.05, 0) is 24.3 Å². The first-order valence-electron chi connectivity index (χ1n) is 4.73. The summed E-state index contributed by atoms with van der Waals surface area (Å²) in [6, 6.07) is 6.15. The molecular weight excluding hydrogens is 209 g/mol. The van der Waals surface area contributed by atoms with Crippen LogP contribution in [0.3, 0.4) is 0 Å². The van der Waals surface area contributed by atoms with Gasteiger partial charge in [0.25, 0.3) is 0 Å². The molecule has 0 saturated carbocycles. The van der Waals surface area contributed by atoms with Crippen molar-refractivity contribution in [1.29, 1.82) is 0 Å². The maximum Gasteiger partial charge on any atom is 0.212 e. The summed E-state index contributed by atoms with van der Waals surface area (Å²) in [6.45, 7) is 0.494. The molecule has 0 aliphatic rings. The van der Waals surface area contributed by atoms with Crippen LogP contribution in [0.15, 0.2) is 36.7 Å². The van der Waals surface area contributed by atoms with Crippen LogP contribution in [0.2, 0.25) is 0 Å². The van der Waals surface area contributed by atoms with Gasteiger partial charge in [0, 0.05) is 0 Å². The van der Waals surface area contributed by atoms with Crippen molar-refractivity contribution >= 4 is 5.69 Å². The Bertz CT molecular complexity index is 410. The van der Waals surface area contributed by atoms with Gasteiger partial charge in [0.05, 0.1) is 30.3 Å². The number of hydrogen-bond acceptors (Lipinski definition) is 4. The zero-order chi connectivity index (χ0) is 11.4. The van der Waals surface area contributed by atoms with Gasteiger partial charge < -0.3 is 10.4 Å². The monoisotopic (exact) mass is 219 g/mol. The van der Waals surface area contributed by atoms with Gasteiger partial charge in [-0.2, -0.15) is 4.39 Å². The molecule has 2 aromatic rings. The molecule has 0 spiro atoms. The lowest BCUT2D eigenvalue weighted by Crippen LogP contribution is -2.01. The molecule has 0 atom stereocenters. The molecular formula is C11H10FN3O. The molecule has 82 valence electrons. The van der Waals surface area contributed by atoms with Gasteiger partial charge in [-0.25, -0.2) is 4.98 Å². The van der Waals surface area contributed by atoms with Crippen LogP contribution in [-0.2, 0) is 6.54 Å². The van der Waals surface area contributed by atoms with E-state index in [9.17, 15) is 4.39 Å². The Labute approximate surface area is 91.8 Å². The van der Waals surface area contributed by atoms with E-state index in [1.807, 2.05) is 0 Å². The van der Waals surface area contributed by atoms with Crippen molar-refractivity contribution in [2.45, 2.75) is 6.54 Å². The molecule has 2 heterocycles. The number of aromatic hydroxyl groups is 1. The fourth-order valence-corrected chi connectivity index (χ4v) is 1.19. The summed E-state index contributed by atoms with van der Waals surface area (Å²) in [5.41, 5.74) is 1.50. The lowest BCUT2D eigenvalue weighted by atomic mass is 10.3. The maximum atomic E-state index is 12.5. The van der Waals surface area contributed by atoms with Gasteiger partial charge in [-0.15, -0.1) is 0 Å². The first-order chi connectivity index (χ1) is 7.74. The summed E-state index contributed by atoms with van der Waals surface area (Å²) in [7, 11) is 0. The number of nitrogens with zero attached hydrogens (tertiary/aromatic N) is 2. The van der Waals surface area contributed by atoms with Crippen molar-refractivity contribution in [1.82, 2.24) is 9.97 Å². The van der Waals surface area contributed by atoms with Crippen LogP contribution >= 0.6 is 0 Å². The highest BCUT2D eigenvalue weighted by atomic mass is 19.1. The summed E-state index contributed by atoms with van der Waals surface area (Å²) in [5.74, 6) is -0.375. The molecule has 0 aliphatic carbocycles. The topological polar surface area (TPSA) is 58.0 Å². The number of halogens is 1. The van der Waals surface area contributed by atoms with Crippen molar-refractivity contribution in [3.8, 4) is 5.75 Å². The molecule has 0 bridgehead atoms. The average molecular weight is 219 g/mol. The summed E-state index contributed by atoms with van der Waals surface area (Å²) in [6.07, 6.45) is 2.79. The van der Waals surface area contributed by atoms with Gasteiger partial charge in [0.15, 0.2) is 0 Å². The largest absolute Gasteiger partial charge is 0.506 e. The Balaban J connectivity index is 1.97. The average Bonchev–Trinajstić information content (AvgIpc) is 2.30. The molecule has 2 rings (SSSR count). The second kappa shape index (κ2) is 4.57. The first-order valence-corrected chi connectivity index (χ1v) is 4.73. The molecule has 0 unspecified atom stereocenters. The number of aromatic nitrogens is 2. The molecule has 0 aromatic carbocycles. The van der Waals surface area contributed by atoms with Crippen molar-refractivity contribution in [3.05, 3.63) is 48.3 Å². The third-order valence-electron chi connectivity index (χ3n) is 2.01. The Morgan fingerprint density at radius 1 is 1.12 bits per heavy atom. The van der Waals surface area contributed by atoms with Crippen molar-refractivity contribution in [2.75, 3.05) is 5.32 Å². The van der Waals surface area contributed by atoms with E-state index in [4.69, 9.17) is 5.11 Å². The van der Waals surface area contributed by atoms with Crippen LogP contribution in [0.5, 0.6) is 5.75 Å². The third kappa shape index (κ3) is 2.66. The molecule has 0 amide bonds. The Morgan fingerprint density at radius 3 is 2.62 bits per heavy atom. The first kappa shape index (κ1) is 10.4. The van der Waals surface area contributed by atoms with Gasteiger partial charge in [0.1, 0.15) is 5.75 Å². The smallest absolute Gasteiger partial charge is 0.212 e. The van der Waals surface area contributed by atoms with Gasteiger partial charge in [-0.3, -0.25) is 4.98 Å². The number of hydrogen-bond donors (Lipinski definition) is 2. The van der Waals surface area contributed by atoms with Crippen molar-refractivity contribution in [3.63, 3.8) is 0 Å². The van der Waals surface area contributed by atoms with Gasteiger partial charge in [0.2, 0.25) is 5.95 Å². The SMILES string of the molecule is Oc1ccc(CNc2ccc(F)nc2)nc1. The van der Waals surface area contributed by atoms with E-state index < -0.39 is 5.95 Å². The van der Waals surface area contributed by atoms with Gasteiger partial charge >= 0.3 is 0 Å². The quantitative estimate of drug-likeness (QED) is 0.774. The molecule has 5 heteroatoms. The van der Waals surface area contributed by atoms with E-state index in [2.05, 4.69) is 15.3 Å². The van der Waals surface area contributed by atoms with E-state index >= 15 is 0 Å². The van der Waals surface area contributed by atoms with Crippen LogP contribution < -0.4 is 5.32 Å². The van der Waals surface area contributed by atoms with Crippen LogP contribution in [0.25, 0.3) is 0 Å². The van der Waals surface area contributed by atoms with Crippen molar-refractivity contribution < 1.29 is 9.50 Å². The second-order valence-electron chi connectivity index (χ2n) is 3.23. The zero-order valence-electron chi connectivity index (χ0n) is 8.39. The number of nitrogens with one attached hydrogen (secondary N) is 1. The third-order valence-corrected chi connectivity index (χ3v) is 2.01. The predicted molar refractivity (Wildman–Crippen MR) is 57.4 cm³/mol. The van der Waals surface area contributed by atoms with Crippen LogP contribution in [0.1, 0.15) is 5.69 Å². The van der Waals surface area contributed by atoms with E-state index in [1.165, 1.54) is 18.5 Å². The lowest BCUT2D eigenvalue weighted by molar-refractivity contribution is 0.472. The number of anilines is 1. The highest BCUT2D eigenvalue weighted by Crippen LogP contribution is 2.09. The van der Waals surface area contributed by atoms with E-state index in [1.54, 1.807) is 18.2 Å². The standard InChI is InChI=1S/C11H10FN3O/c12-11-4-2-9(6-15-11)13-5-8-1-3-10(16)7-14-8/h1-4,6-7,13,16H,5H2. The summed E-state index contributed by atoms with van der Waals surface area (Å²) in [5, 5.41) is 12.1. The summed E-state index contributed by atoms with van der Waals surface area (Å²) in [4.78, 5) is 7.52. The van der Waals surface area contributed by atoms with E-state index in [0.717, 1.165) is 11.4 Å². The Morgan fingerprint density at radius 2 is 2.00 bits per heavy atom. The van der Waals surface area contributed by atoms with E-state index in [-0.39, 0.29) is 5.75 Å². The van der Waals surface area contributed by atoms with Crippen molar-refractivity contribution in [2.24, 2.45) is 0 Å². The van der Waals surface area contributed by atoms with Crippen LogP contribution in [0.4, 0.5) is 10.1 Å². The molecule has 0 radical (unpaired) electrons. The van der Waals surface area contributed by atoms with Crippen LogP contribution in [0, 0.1) is 5.95 Å². The number of pyridine rings is 2. The molecule has 4 nitrogen and oxygen atoms in total. The fraction of sp³-hybridized carbons (Fsp3) is 0.0909. The normalized spacial score (nSPS) is 10.1. The summed E-state index contributed by atoms with van der Waals surface area (Å²) >= 11 is 0. The molecule has 0 saturated heterocycles. The zero-order valence-corrected chi connectivity index (χ0v) is 8.39. The van der Waals surface area contributed by atoms with Crippen LogP contribution in [-0.4, -0.2) is 15.1 Å². The minimum Gasteiger partial charge on any atom is -0.506 e. The molecule has 16 heavy (non-hydrogen) atoms. The lowest BCUT2D eigenvalue weighted by Gasteiger charge is -2.04. The fourth-order valence-electron chi connectivity index (χ4n) is 1.19. The molecule has 2 N–H and O–H groups in total. The van der Waals surface area contributed by atoms with E-state index in [0.29, 0.717) is 6.54 Å². The highest BCUT2D eigenvalue weighted by molar-refractivity contribution is 5.40. The van der Waals surface area contributed by atoms with Gasteiger partial charge in [-0.1, -0.05) is 0 Å². The summed E-state index contributed by atoms with van der Waals surface area (Å²) < 4.78 is 12.5. The highest BCUT2D eigenvalue weighted by Gasteiger charge is 1.97. The minimum absolute atomic E-state index is 0.132. The Hall–Kier alpha value is -2.17. The Kier molecular flexibility index (Phi) is 2.95. The predicted octanol–water partition coefficient (Wildman–Crippen LogP) is 1.93. The second-order valence-corrected chi connectivity index (χ2v) is 3.23. The maximum absolute atomic E-state index is 12.5.